The molecule has 0 aliphatic heterocycles. The quantitative estimate of drug-likeness (QED) is 0.348. The van der Waals surface area contributed by atoms with E-state index < -0.39 is 17.9 Å². The number of carboxylic acids is 1. The van der Waals surface area contributed by atoms with Crippen LogP contribution in [0, 0.1) is 0 Å². The van der Waals surface area contributed by atoms with E-state index in [-0.39, 0.29) is 13.0 Å². The first-order valence-electron chi connectivity index (χ1n) is 6.49. The number of hydrogen-bond donors (Lipinski definition) is 1. The Morgan fingerprint density at radius 2 is 1.50 bits per heavy atom. The molecule has 116 valence electrons. The van der Waals surface area contributed by atoms with Crippen molar-refractivity contribution in [2.45, 2.75) is 33.2 Å². The van der Waals surface area contributed by atoms with Gasteiger partial charge < -0.3 is 24.1 Å². The highest BCUT2D eigenvalue weighted by Crippen LogP contribution is 2.20. The summed E-state index contributed by atoms with van der Waals surface area (Å²) in [5.41, 5.74) is 0. The van der Waals surface area contributed by atoms with E-state index in [1.165, 1.54) is 0 Å². The average Bonchev–Trinajstić information content (AvgIpc) is 2.37. The number of carbonyl (C=O) groups is 2. The van der Waals surface area contributed by atoms with Crippen LogP contribution in [0.1, 0.15) is 27.2 Å². The molecule has 0 saturated carbocycles. The van der Waals surface area contributed by atoms with E-state index in [0.717, 1.165) is 6.08 Å². The molecular formula is C13H22O7. The Bertz CT molecular complexity index is 308. The van der Waals surface area contributed by atoms with E-state index in [2.05, 4.69) is 0 Å². The molecule has 0 aromatic heterocycles. The molecule has 0 radical (unpaired) electrons. The van der Waals surface area contributed by atoms with Crippen LogP contribution in [0.3, 0.4) is 0 Å². The molecule has 0 bridgehead atoms. The zero-order chi connectivity index (χ0) is 15.4. The Morgan fingerprint density at radius 3 is 1.90 bits per heavy atom. The summed E-state index contributed by atoms with van der Waals surface area (Å²) in [5.74, 6) is -3.20. The van der Waals surface area contributed by atoms with Crippen LogP contribution in [0.25, 0.3) is 0 Å². The van der Waals surface area contributed by atoms with E-state index in [4.69, 9.17) is 24.1 Å². The lowest BCUT2D eigenvalue weighted by atomic mass is 10.3. The summed E-state index contributed by atoms with van der Waals surface area (Å²) in [4.78, 5) is 21.4. The predicted octanol–water partition coefficient (Wildman–Crippen LogP) is 1.32. The van der Waals surface area contributed by atoms with Crippen molar-refractivity contribution in [1.82, 2.24) is 0 Å². The predicted molar refractivity (Wildman–Crippen MR) is 70.0 cm³/mol. The lowest BCUT2D eigenvalue weighted by Crippen LogP contribution is -2.40. The van der Waals surface area contributed by atoms with Crippen LogP contribution in [0.5, 0.6) is 0 Å². The minimum absolute atomic E-state index is 0.0111. The van der Waals surface area contributed by atoms with Crippen LogP contribution in [0.2, 0.25) is 0 Å². The molecule has 0 rings (SSSR count). The zero-order valence-corrected chi connectivity index (χ0v) is 12.1. The Labute approximate surface area is 118 Å². The normalized spacial score (nSPS) is 11.8. The number of esters is 1. The molecule has 0 aliphatic carbocycles. The average molecular weight is 290 g/mol. The standard InChI is InChI=1S/C13H22O7/c1-4-18-13(19-5-2,20-6-3)9-10-17-12(16)8-7-11(14)15/h7-8H,4-6,9-10H2,1-3H3,(H,14,15)/b8-7-. The number of hydrogen-bond acceptors (Lipinski definition) is 6. The second-order valence-corrected chi connectivity index (χ2v) is 3.57. The first kappa shape index (κ1) is 18.6. The third kappa shape index (κ3) is 7.88. The number of carboxylic acid groups (broad SMARTS) is 1. The van der Waals surface area contributed by atoms with E-state index in [0.29, 0.717) is 25.9 Å². The Balaban J connectivity index is 4.37. The van der Waals surface area contributed by atoms with Crippen molar-refractivity contribution in [3.05, 3.63) is 12.2 Å². The summed E-state index contributed by atoms with van der Waals surface area (Å²) in [6.07, 6.45) is 1.74. The smallest absolute Gasteiger partial charge is 0.331 e. The fourth-order valence-corrected chi connectivity index (χ4v) is 1.47. The molecule has 7 heteroatoms. The van der Waals surface area contributed by atoms with Gasteiger partial charge in [0.25, 0.3) is 5.97 Å². The molecule has 7 nitrogen and oxygen atoms in total. The summed E-state index contributed by atoms with van der Waals surface area (Å²) in [7, 11) is 0. The Morgan fingerprint density at radius 1 is 1.00 bits per heavy atom. The molecule has 0 saturated heterocycles. The molecular weight excluding hydrogens is 268 g/mol. The maximum Gasteiger partial charge on any atom is 0.331 e. The highest BCUT2D eigenvalue weighted by molar-refractivity contribution is 5.90. The second kappa shape index (κ2) is 10.4. The number of rotatable bonds is 11. The molecule has 0 atom stereocenters. The number of ether oxygens (including phenoxy) is 4. The monoisotopic (exact) mass is 290 g/mol. The van der Waals surface area contributed by atoms with E-state index in [1.807, 2.05) is 0 Å². The Kier molecular flexibility index (Phi) is 9.61. The van der Waals surface area contributed by atoms with Crippen LogP contribution >= 0.6 is 0 Å². The summed E-state index contributed by atoms with van der Waals surface area (Å²) >= 11 is 0. The molecule has 0 amide bonds. The van der Waals surface area contributed by atoms with Gasteiger partial charge in [-0.25, -0.2) is 9.59 Å². The van der Waals surface area contributed by atoms with Crippen molar-refractivity contribution < 1.29 is 33.6 Å². The van der Waals surface area contributed by atoms with Gasteiger partial charge in [-0.3, -0.25) is 0 Å². The summed E-state index contributed by atoms with van der Waals surface area (Å²) in [5, 5.41) is 8.37. The van der Waals surface area contributed by atoms with Gasteiger partial charge in [-0.1, -0.05) is 0 Å². The number of carbonyl (C=O) groups excluding carboxylic acids is 1. The van der Waals surface area contributed by atoms with Gasteiger partial charge in [0.15, 0.2) is 0 Å². The first-order valence-corrected chi connectivity index (χ1v) is 6.49. The molecule has 20 heavy (non-hydrogen) atoms. The van der Waals surface area contributed by atoms with Gasteiger partial charge >= 0.3 is 11.9 Å². The highest BCUT2D eigenvalue weighted by Gasteiger charge is 2.32. The SMILES string of the molecule is CCOC(CCOC(=O)/C=C\C(=O)O)(OCC)OCC. The highest BCUT2D eigenvalue weighted by atomic mass is 16.9. The van der Waals surface area contributed by atoms with Crippen LogP contribution in [-0.2, 0) is 28.5 Å². The minimum atomic E-state index is -1.24. The Hall–Kier alpha value is -1.44. The molecule has 0 heterocycles. The lowest BCUT2D eigenvalue weighted by molar-refractivity contribution is -0.381. The van der Waals surface area contributed by atoms with Gasteiger partial charge in [0.05, 0.1) is 13.0 Å². The summed E-state index contributed by atoms with van der Waals surface area (Å²) in [6.45, 7) is 6.53. The molecule has 0 aromatic rings. The summed E-state index contributed by atoms with van der Waals surface area (Å²) < 4.78 is 21.2. The van der Waals surface area contributed by atoms with Gasteiger partial charge in [-0.05, 0) is 20.8 Å². The molecule has 0 fully saturated rings. The molecule has 0 spiro atoms. The van der Waals surface area contributed by atoms with Crippen molar-refractivity contribution in [1.29, 1.82) is 0 Å². The van der Waals surface area contributed by atoms with Crippen molar-refractivity contribution in [3.8, 4) is 0 Å². The topological polar surface area (TPSA) is 91.3 Å². The number of aliphatic carboxylic acids is 1. The van der Waals surface area contributed by atoms with Crippen LogP contribution < -0.4 is 0 Å². The van der Waals surface area contributed by atoms with Gasteiger partial charge in [0, 0.05) is 32.0 Å². The van der Waals surface area contributed by atoms with Crippen LogP contribution in [0.4, 0.5) is 0 Å². The van der Waals surface area contributed by atoms with Crippen LogP contribution in [0.15, 0.2) is 12.2 Å². The second-order valence-electron chi connectivity index (χ2n) is 3.57. The fourth-order valence-electron chi connectivity index (χ4n) is 1.47. The molecule has 0 aromatic carbocycles. The third-order valence-corrected chi connectivity index (χ3v) is 2.11. The zero-order valence-electron chi connectivity index (χ0n) is 12.1. The van der Waals surface area contributed by atoms with Gasteiger partial charge in [-0.2, -0.15) is 0 Å². The van der Waals surface area contributed by atoms with Crippen molar-refractivity contribution in [2.24, 2.45) is 0 Å². The van der Waals surface area contributed by atoms with Crippen LogP contribution in [-0.4, -0.2) is 49.4 Å². The van der Waals surface area contributed by atoms with E-state index >= 15 is 0 Å². The largest absolute Gasteiger partial charge is 0.478 e. The van der Waals surface area contributed by atoms with E-state index in [9.17, 15) is 9.59 Å². The van der Waals surface area contributed by atoms with Crippen molar-refractivity contribution in [2.75, 3.05) is 26.4 Å². The minimum Gasteiger partial charge on any atom is -0.478 e. The van der Waals surface area contributed by atoms with Gasteiger partial charge in [0.1, 0.15) is 0 Å². The summed E-state index contributed by atoms with van der Waals surface area (Å²) in [6, 6.07) is 0. The first-order chi connectivity index (χ1) is 9.49. The van der Waals surface area contributed by atoms with Crippen molar-refractivity contribution in [3.63, 3.8) is 0 Å². The maximum atomic E-state index is 11.2. The van der Waals surface area contributed by atoms with Gasteiger partial charge in [0.2, 0.25) is 0 Å². The van der Waals surface area contributed by atoms with Gasteiger partial charge in [-0.15, -0.1) is 0 Å². The maximum absolute atomic E-state index is 11.2. The lowest BCUT2D eigenvalue weighted by Gasteiger charge is -2.32. The molecule has 1 N–H and O–H groups in total. The fraction of sp³-hybridized carbons (Fsp3) is 0.692. The van der Waals surface area contributed by atoms with E-state index in [1.54, 1.807) is 20.8 Å². The third-order valence-electron chi connectivity index (χ3n) is 2.11. The molecule has 0 unspecified atom stereocenters. The van der Waals surface area contributed by atoms with Crippen molar-refractivity contribution >= 4 is 11.9 Å². The molecule has 0 aliphatic rings.